The average molecular weight is 250 g/mol. The van der Waals surface area contributed by atoms with E-state index in [-0.39, 0.29) is 5.92 Å². The van der Waals surface area contributed by atoms with E-state index >= 15 is 0 Å². The van der Waals surface area contributed by atoms with Crippen LogP contribution in [0, 0.1) is 5.92 Å². The Bertz CT molecular complexity index is 532. The van der Waals surface area contributed by atoms with E-state index in [4.69, 9.17) is 0 Å². The van der Waals surface area contributed by atoms with Gasteiger partial charge in [0.1, 0.15) is 0 Å². The Balaban J connectivity index is 2.21. The van der Waals surface area contributed by atoms with E-state index in [1.54, 1.807) is 0 Å². The Kier molecular flexibility index (Phi) is 2.98. The first-order chi connectivity index (χ1) is 9.25. The van der Waals surface area contributed by atoms with Crippen molar-refractivity contribution in [3.63, 3.8) is 0 Å². The fraction of sp³-hybridized carbons (Fsp3) is 0.278. The van der Waals surface area contributed by atoms with Gasteiger partial charge in [0.15, 0.2) is 5.78 Å². The molecule has 96 valence electrons. The van der Waals surface area contributed by atoms with Crippen LogP contribution < -0.4 is 0 Å². The Labute approximate surface area is 114 Å². The second-order valence-electron chi connectivity index (χ2n) is 5.44. The van der Waals surface area contributed by atoms with Gasteiger partial charge in [-0.15, -0.1) is 0 Å². The Morgan fingerprint density at radius 2 is 1.37 bits per heavy atom. The Hall–Kier alpha value is -1.89. The van der Waals surface area contributed by atoms with Gasteiger partial charge in [-0.1, -0.05) is 67.6 Å². The van der Waals surface area contributed by atoms with Crippen molar-refractivity contribution in [1.82, 2.24) is 0 Å². The lowest BCUT2D eigenvalue weighted by Crippen LogP contribution is -2.34. The van der Waals surface area contributed by atoms with Crippen LogP contribution in [0.15, 0.2) is 60.7 Å². The minimum Gasteiger partial charge on any atom is -0.298 e. The molecule has 0 spiro atoms. The van der Waals surface area contributed by atoms with Crippen molar-refractivity contribution in [2.24, 2.45) is 5.92 Å². The summed E-state index contributed by atoms with van der Waals surface area (Å²) in [4.78, 5) is 12.8. The summed E-state index contributed by atoms with van der Waals surface area (Å²) >= 11 is 0. The number of Topliss-reactive ketones (excluding diaryl/α,β-unsaturated/α-hetero) is 1. The quantitative estimate of drug-likeness (QED) is 0.788. The minimum atomic E-state index is -0.429. The van der Waals surface area contributed by atoms with E-state index in [2.05, 4.69) is 31.2 Å². The zero-order chi connectivity index (χ0) is 13.3. The molecule has 0 radical (unpaired) electrons. The molecule has 19 heavy (non-hydrogen) atoms. The lowest BCUT2D eigenvalue weighted by molar-refractivity contribution is -0.123. The predicted octanol–water partition coefficient (Wildman–Crippen LogP) is 3.97. The molecule has 1 saturated carbocycles. The zero-order valence-corrected chi connectivity index (χ0v) is 11.2. The van der Waals surface area contributed by atoms with Gasteiger partial charge in [-0.3, -0.25) is 4.79 Å². The molecule has 1 atom stereocenters. The van der Waals surface area contributed by atoms with Gasteiger partial charge in [0.25, 0.3) is 0 Å². The number of carbonyl (C=O) groups excluding carboxylic acids is 1. The van der Waals surface area contributed by atoms with E-state index in [1.807, 2.05) is 36.4 Å². The molecule has 1 fully saturated rings. The molecule has 1 nitrogen and oxygen atoms in total. The molecule has 1 aliphatic carbocycles. The highest BCUT2D eigenvalue weighted by molar-refractivity contribution is 5.97. The molecule has 0 aromatic heterocycles. The van der Waals surface area contributed by atoms with Crippen LogP contribution in [0.5, 0.6) is 0 Å². The van der Waals surface area contributed by atoms with E-state index in [0.717, 1.165) is 24.0 Å². The SMILES string of the molecule is CC1CCC(c2ccccc2)(c2ccccc2)C1=O. The van der Waals surface area contributed by atoms with Gasteiger partial charge < -0.3 is 0 Å². The maximum atomic E-state index is 12.8. The summed E-state index contributed by atoms with van der Waals surface area (Å²) in [5, 5.41) is 0. The van der Waals surface area contributed by atoms with E-state index in [0.29, 0.717) is 5.78 Å². The molecule has 0 amide bonds. The summed E-state index contributed by atoms with van der Waals surface area (Å²) in [5.41, 5.74) is 1.84. The average Bonchev–Trinajstić information content (AvgIpc) is 2.78. The van der Waals surface area contributed by atoms with Crippen LogP contribution in [0.1, 0.15) is 30.9 Å². The monoisotopic (exact) mass is 250 g/mol. The lowest BCUT2D eigenvalue weighted by atomic mass is 9.72. The third kappa shape index (κ3) is 1.81. The molecule has 1 heteroatoms. The molecule has 0 aliphatic heterocycles. The third-order valence-electron chi connectivity index (χ3n) is 4.35. The lowest BCUT2D eigenvalue weighted by Gasteiger charge is -2.29. The van der Waals surface area contributed by atoms with Gasteiger partial charge in [-0.2, -0.15) is 0 Å². The van der Waals surface area contributed by atoms with Crippen LogP contribution in [0.25, 0.3) is 0 Å². The fourth-order valence-corrected chi connectivity index (χ4v) is 3.29. The number of ketones is 1. The first kappa shape index (κ1) is 12.2. The standard InChI is InChI=1S/C18H18O/c1-14-12-13-18(17(14)19,15-8-4-2-5-9-15)16-10-6-3-7-11-16/h2-11,14H,12-13H2,1H3. The fourth-order valence-electron chi connectivity index (χ4n) is 3.29. The van der Waals surface area contributed by atoms with Gasteiger partial charge in [0.2, 0.25) is 0 Å². The van der Waals surface area contributed by atoms with Crippen molar-refractivity contribution < 1.29 is 4.79 Å². The van der Waals surface area contributed by atoms with Crippen molar-refractivity contribution in [3.05, 3.63) is 71.8 Å². The number of hydrogen-bond acceptors (Lipinski definition) is 1. The summed E-state index contributed by atoms with van der Waals surface area (Å²) in [6, 6.07) is 20.5. The second kappa shape index (κ2) is 4.65. The van der Waals surface area contributed by atoms with Crippen LogP contribution in [0.4, 0.5) is 0 Å². The highest BCUT2D eigenvalue weighted by Gasteiger charge is 2.48. The first-order valence-electron chi connectivity index (χ1n) is 6.90. The van der Waals surface area contributed by atoms with Crippen molar-refractivity contribution >= 4 is 5.78 Å². The molecule has 2 aromatic rings. The molecule has 1 unspecified atom stereocenters. The van der Waals surface area contributed by atoms with Gasteiger partial charge in [0.05, 0.1) is 5.41 Å². The Morgan fingerprint density at radius 3 is 1.74 bits per heavy atom. The zero-order valence-electron chi connectivity index (χ0n) is 11.2. The normalized spacial score (nSPS) is 21.5. The van der Waals surface area contributed by atoms with Gasteiger partial charge in [-0.25, -0.2) is 0 Å². The predicted molar refractivity (Wildman–Crippen MR) is 77.1 cm³/mol. The first-order valence-corrected chi connectivity index (χ1v) is 6.90. The molecule has 0 heterocycles. The third-order valence-corrected chi connectivity index (χ3v) is 4.35. The highest BCUT2D eigenvalue weighted by atomic mass is 16.1. The largest absolute Gasteiger partial charge is 0.298 e. The summed E-state index contributed by atoms with van der Waals surface area (Å²) in [5.74, 6) is 0.519. The summed E-state index contributed by atoms with van der Waals surface area (Å²) < 4.78 is 0. The van der Waals surface area contributed by atoms with Crippen molar-refractivity contribution in [3.8, 4) is 0 Å². The molecule has 2 aromatic carbocycles. The van der Waals surface area contributed by atoms with E-state index < -0.39 is 5.41 Å². The van der Waals surface area contributed by atoms with Gasteiger partial charge >= 0.3 is 0 Å². The topological polar surface area (TPSA) is 17.1 Å². The molecule has 0 bridgehead atoms. The molecule has 0 saturated heterocycles. The number of benzene rings is 2. The van der Waals surface area contributed by atoms with Crippen molar-refractivity contribution in [2.75, 3.05) is 0 Å². The number of carbonyl (C=O) groups is 1. The summed E-state index contributed by atoms with van der Waals surface area (Å²) in [6.45, 7) is 2.05. The van der Waals surface area contributed by atoms with Gasteiger partial charge in [-0.05, 0) is 24.0 Å². The van der Waals surface area contributed by atoms with E-state index in [9.17, 15) is 4.79 Å². The molecule has 0 N–H and O–H groups in total. The van der Waals surface area contributed by atoms with E-state index in [1.165, 1.54) is 0 Å². The minimum absolute atomic E-state index is 0.153. The summed E-state index contributed by atoms with van der Waals surface area (Å²) in [7, 11) is 0. The van der Waals surface area contributed by atoms with Crippen LogP contribution in [-0.2, 0) is 10.2 Å². The number of hydrogen-bond donors (Lipinski definition) is 0. The molecular formula is C18H18O. The molecule has 1 aliphatic rings. The molecular weight excluding hydrogens is 232 g/mol. The second-order valence-corrected chi connectivity index (χ2v) is 5.44. The number of rotatable bonds is 2. The van der Waals surface area contributed by atoms with Crippen LogP contribution >= 0.6 is 0 Å². The highest BCUT2D eigenvalue weighted by Crippen LogP contribution is 2.45. The van der Waals surface area contributed by atoms with Gasteiger partial charge in [0, 0.05) is 5.92 Å². The van der Waals surface area contributed by atoms with Crippen LogP contribution in [0.3, 0.4) is 0 Å². The maximum absolute atomic E-state index is 12.8. The van der Waals surface area contributed by atoms with Crippen molar-refractivity contribution in [1.29, 1.82) is 0 Å². The maximum Gasteiger partial charge on any atom is 0.150 e. The van der Waals surface area contributed by atoms with Crippen LogP contribution in [-0.4, -0.2) is 5.78 Å². The smallest absolute Gasteiger partial charge is 0.150 e. The van der Waals surface area contributed by atoms with Crippen LogP contribution in [0.2, 0.25) is 0 Å². The summed E-state index contributed by atoms with van der Waals surface area (Å²) in [6.07, 6.45) is 1.89. The molecule has 3 rings (SSSR count). The Morgan fingerprint density at radius 1 is 0.895 bits per heavy atom. The van der Waals surface area contributed by atoms with Crippen molar-refractivity contribution in [2.45, 2.75) is 25.2 Å².